The van der Waals surface area contributed by atoms with Gasteiger partial charge in [-0.2, -0.15) is 0 Å². The number of amides is 1. The number of fused-ring (bicyclic) bond motifs is 1. The normalized spacial score (nSPS) is 30.8. The van der Waals surface area contributed by atoms with Gasteiger partial charge in [0.15, 0.2) is 0 Å². The van der Waals surface area contributed by atoms with Crippen LogP contribution in [0.2, 0.25) is 0 Å². The Hall–Kier alpha value is -1.58. The standard InChI is InChI=1S/C16H21NO7S/c1-7(18)6-10(19)24-8(2)11-14(20)17-12(16(21)22)13(25-15(11)17)9-4-3-5-23-9/h7-9,11,15,18H,3-6H2,1-2H3,(H,21,22)/t7-,8-,9-,11+,15-/m1/s1. The number of hydrogen-bond acceptors (Lipinski definition) is 7. The molecule has 9 heteroatoms. The number of carbonyl (C=O) groups is 3. The van der Waals surface area contributed by atoms with E-state index in [1.807, 2.05) is 0 Å². The van der Waals surface area contributed by atoms with Gasteiger partial charge in [-0.05, 0) is 26.7 Å². The Balaban J connectivity index is 1.72. The first kappa shape index (κ1) is 18.2. The SMILES string of the molecule is C[C@@H](O)CC(=O)O[C@H](C)[C@H]1C(=O)N2C(C(=O)O)=C([C@H]3CCCO3)S[C@H]12. The van der Waals surface area contributed by atoms with Crippen LogP contribution in [0.3, 0.4) is 0 Å². The number of rotatable bonds is 6. The second-order valence-electron chi connectivity index (χ2n) is 6.51. The number of esters is 1. The maximum absolute atomic E-state index is 12.5. The number of nitrogens with zero attached hydrogens (tertiary/aromatic N) is 1. The summed E-state index contributed by atoms with van der Waals surface area (Å²) in [6, 6.07) is 0. The number of ether oxygens (including phenoxy) is 2. The van der Waals surface area contributed by atoms with Crippen molar-refractivity contribution in [3.8, 4) is 0 Å². The van der Waals surface area contributed by atoms with Crippen LogP contribution in [-0.4, -0.2) is 63.3 Å². The summed E-state index contributed by atoms with van der Waals surface area (Å²) in [4.78, 5) is 37.7. The number of carbonyl (C=O) groups excluding carboxylic acids is 2. The van der Waals surface area contributed by atoms with Crippen LogP contribution in [0.25, 0.3) is 0 Å². The number of thioether (sulfide) groups is 1. The van der Waals surface area contributed by atoms with E-state index >= 15 is 0 Å². The van der Waals surface area contributed by atoms with Crippen molar-refractivity contribution in [1.29, 1.82) is 0 Å². The van der Waals surface area contributed by atoms with Crippen molar-refractivity contribution in [2.24, 2.45) is 5.92 Å². The van der Waals surface area contributed by atoms with E-state index < -0.39 is 35.4 Å². The number of aliphatic carboxylic acids is 1. The zero-order valence-corrected chi connectivity index (χ0v) is 14.8. The third-order valence-electron chi connectivity index (χ3n) is 4.52. The smallest absolute Gasteiger partial charge is 0.353 e. The first-order valence-corrected chi connectivity index (χ1v) is 9.15. The molecular weight excluding hydrogens is 350 g/mol. The first-order valence-electron chi connectivity index (χ1n) is 8.27. The van der Waals surface area contributed by atoms with E-state index in [4.69, 9.17) is 9.47 Å². The van der Waals surface area contributed by atoms with Gasteiger partial charge in [0.25, 0.3) is 0 Å². The van der Waals surface area contributed by atoms with Gasteiger partial charge in [-0.3, -0.25) is 14.5 Å². The van der Waals surface area contributed by atoms with Crippen molar-refractivity contribution in [3.63, 3.8) is 0 Å². The Kier molecular flexibility index (Phi) is 5.08. The van der Waals surface area contributed by atoms with Crippen molar-refractivity contribution in [2.75, 3.05) is 6.61 Å². The molecule has 3 rings (SSSR count). The average Bonchev–Trinajstić information content (AvgIpc) is 3.10. The Bertz CT molecular complexity index is 626. The van der Waals surface area contributed by atoms with Crippen molar-refractivity contribution in [3.05, 3.63) is 10.6 Å². The van der Waals surface area contributed by atoms with E-state index in [9.17, 15) is 24.6 Å². The van der Waals surface area contributed by atoms with Gasteiger partial charge in [-0.15, -0.1) is 0 Å². The molecule has 5 atom stereocenters. The number of carboxylic acids is 1. The van der Waals surface area contributed by atoms with Crippen LogP contribution in [0.1, 0.15) is 33.1 Å². The van der Waals surface area contributed by atoms with Gasteiger partial charge in [0, 0.05) is 11.5 Å². The molecule has 3 aliphatic heterocycles. The van der Waals surface area contributed by atoms with Gasteiger partial charge in [0.2, 0.25) is 5.91 Å². The lowest BCUT2D eigenvalue weighted by atomic mass is 9.91. The molecule has 3 aliphatic rings. The molecule has 0 unspecified atom stereocenters. The van der Waals surface area contributed by atoms with Crippen LogP contribution in [0.4, 0.5) is 0 Å². The van der Waals surface area contributed by atoms with Crippen LogP contribution in [0.15, 0.2) is 10.6 Å². The summed E-state index contributed by atoms with van der Waals surface area (Å²) in [5.41, 5.74) is -0.00865. The minimum atomic E-state index is -1.15. The van der Waals surface area contributed by atoms with Crippen LogP contribution in [0, 0.1) is 5.92 Å². The molecule has 0 aromatic heterocycles. The molecule has 0 saturated carbocycles. The molecule has 0 bridgehead atoms. The number of hydrogen-bond donors (Lipinski definition) is 2. The van der Waals surface area contributed by atoms with Crippen molar-refractivity contribution in [1.82, 2.24) is 4.90 Å². The molecule has 8 nitrogen and oxygen atoms in total. The Labute approximate surface area is 149 Å². The first-order chi connectivity index (χ1) is 11.8. The second-order valence-corrected chi connectivity index (χ2v) is 7.67. The highest BCUT2D eigenvalue weighted by Crippen LogP contribution is 2.53. The van der Waals surface area contributed by atoms with Crippen LogP contribution >= 0.6 is 11.8 Å². The molecular formula is C16H21NO7S. The minimum Gasteiger partial charge on any atom is -0.477 e. The summed E-state index contributed by atoms with van der Waals surface area (Å²) in [6.07, 6.45) is -0.351. The lowest BCUT2D eigenvalue weighted by Gasteiger charge is -2.44. The maximum atomic E-state index is 12.5. The Morgan fingerprint density at radius 2 is 2.16 bits per heavy atom. The minimum absolute atomic E-state index is 0.00865. The molecule has 3 heterocycles. The Morgan fingerprint density at radius 1 is 1.44 bits per heavy atom. The fraction of sp³-hybridized carbons (Fsp3) is 0.688. The van der Waals surface area contributed by atoms with Crippen molar-refractivity contribution < 1.29 is 34.1 Å². The average molecular weight is 371 g/mol. The zero-order valence-electron chi connectivity index (χ0n) is 14.0. The molecule has 2 fully saturated rings. The van der Waals surface area contributed by atoms with E-state index in [-0.39, 0.29) is 24.1 Å². The van der Waals surface area contributed by atoms with E-state index in [1.165, 1.54) is 23.6 Å². The van der Waals surface area contributed by atoms with Gasteiger partial charge >= 0.3 is 11.9 Å². The van der Waals surface area contributed by atoms with Gasteiger partial charge in [0.05, 0.1) is 18.6 Å². The summed E-state index contributed by atoms with van der Waals surface area (Å²) < 4.78 is 10.8. The molecule has 0 aliphatic carbocycles. The van der Waals surface area contributed by atoms with Gasteiger partial charge in [-0.1, -0.05) is 11.8 Å². The number of β-lactam (4-membered cyclic amide) rings is 1. The molecule has 2 saturated heterocycles. The largest absolute Gasteiger partial charge is 0.477 e. The highest BCUT2D eigenvalue weighted by molar-refractivity contribution is 8.04. The zero-order chi connectivity index (χ0) is 18.3. The van der Waals surface area contributed by atoms with Gasteiger partial charge in [-0.25, -0.2) is 4.79 Å². The molecule has 25 heavy (non-hydrogen) atoms. The fourth-order valence-electron chi connectivity index (χ4n) is 3.38. The van der Waals surface area contributed by atoms with E-state index in [0.717, 1.165) is 12.8 Å². The highest BCUT2D eigenvalue weighted by atomic mass is 32.2. The predicted molar refractivity (Wildman–Crippen MR) is 87.2 cm³/mol. The summed E-state index contributed by atoms with van der Waals surface area (Å²) in [5, 5.41) is 18.4. The van der Waals surface area contributed by atoms with Crippen LogP contribution < -0.4 is 0 Å². The molecule has 1 amide bonds. The van der Waals surface area contributed by atoms with Crippen LogP contribution in [0.5, 0.6) is 0 Å². The van der Waals surface area contributed by atoms with E-state index in [2.05, 4.69) is 0 Å². The highest BCUT2D eigenvalue weighted by Gasteiger charge is 2.59. The van der Waals surface area contributed by atoms with Crippen molar-refractivity contribution >= 4 is 29.6 Å². The molecule has 0 aromatic carbocycles. The number of carboxylic acid groups (broad SMARTS) is 1. The lowest BCUT2D eigenvalue weighted by Crippen LogP contribution is -2.61. The maximum Gasteiger partial charge on any atom is 0.353 e. The summed E-state index contributed by atoms with van der Waals surface area (Å²) >= 11 is 1.31. The molecule has 0 aromatic rings. The van der Waals surface area contributed by atoms with E-state index in [0.29, 0.717) is 11.5 Å². The van der Waals surface area contributed by atoms with Crippen LogP contribution in [-0.2, 0) is 23.9 Å². The second kappa shape index (κ2) is 6.97. The number of aliphatic hydroxyl groups excluding tert-OH is 1. The lowest BCUT2D eigenvalue weighted by molar-refractivity contribution is -0.167. The number of aliphatic hydroxyl groups is 1. The third-order valence-corrected chi connectivity index (χ3v) is 5.97. The van der Waals surface area contributed by atoms with Gasteiger partial charge < -0.3 is 19.7 Å². The predicted octanol–water partition coefficient (Wildman–Crippen LogP) is 0.696. The molecule has 2 N–H and O–H groups in total. The van der Waals surface area contributed by atoms with Gasteiger partial charge in [0.1, 0.15) is 23.1 Å². The van der Waals surface area contributed by atoms with E-state index in [1.54, 1.807) is 6.92 Å². The fourth-order valence-corrected chi connectivity index (χ4v) is 5.07. The monoisotopic (exact) mass is 371 g/mol. The third kappa shape index (κ3) is 3.28. The molecule has 0 radical (unpaired) electrons. The molecule has 0 spiro atoms. The van der Waals surface area contributed by atoms with Crippen molar-refractivity contribution in [2.45, 2.75) is 56.8 Å². The summed E-state index contributed by atoms with van der Waals surface area (Å²) in [5.74, 6) is -2.69. The molecule has 138 valence electrons. The quantitative estimate of drug-likeness (QED) is 0.518. The topological polar surface area (TPSA) is 113 Å². The summed E-state index contributed by atoms with van der Waals surface area (Å²) in [6.45, 7) is 3.67. The Morgan fingerprint density at radius 3 is 2.72 bits per heavy atom. The summed E-state index contributed by atoms with van der Waals surface area (Å²) in [7, 11) is 0.